The van der Waals surface area contributed by atoms with Gasteiger partial charge in [0.2, 0.25) is 12.0 Å². The number of benzene rings is 1. The van der Waals surface area contributed by atoms with Crippen LogP contribution in [-0.2, 0) is 16.1 Å². The average Bonchev–Trinajstić information content (AvgIpc) is 3.58. The number of para-hydroxylation sites is 2. The lowest BCUT2D eigenvalue weighted by Crippen LogP contribution is -2.51. The molecule has 34 heavy (non-hydrogen) atoms. The lowest BCUT2D eigenvalue weighted by atomic mass is 9.95. The van der Waals surface area contributed by atoms with E-state index in [2.05, 4.69) is 5.32 Å². The fourth-order valence-corrected chi connectivity index (χ4v) is 5.43. The molecule has 7 nitrogen and oxygen atoms in total. The van der Waals surface area contributed by atoms with Crippen LogP contribution in [-0.4, -0.2) is 35.5 Å². The van der Waals surface area contributed by atoms with Crippen molar-refractivity contribution in [3.63, 3.8) is 0 Å². The van der Waals surface area contributed by atoms with Crippen LogP contribution >= 0.6 is 11.3 Å². The van der Waals surface area contributed by atoms with Gasteiger partial charge in [0.15, 0.2) is 11.5 Å². The number of thiophene rings is 1. The topological polar surface area (TPSA) is 81.0 Å². The van der Waals surface area contributed by atoms with E-state index in [9.17, 15) is 9.59 Å². The van der Waals surface area contributed by atoms with Crippen molar-refractivity contribution in [1.29, 1.82) is 0 Å². The van der Waals surface area contributed by atoms with Crippen molar-refractivity contribution in [1.82, 2.24) is 10.2 Å². The summed E-state index contributed by atoms with van der Waals surface area (Å²) in [6.45, 7) is 0.222. The molecule has 1 fully saturated rings. The van der Waals surface area contributed by atoms with Crippen LogP contribution in [0.2, 0.25) is 0 Å². The molecule has 0 radical (unpaired) electrons. The van der Waals surface area contributed by atoms with Crippen molar-refractivity contribution in [3.8, 4) is 11.5 Å². The largest absolute Gasteiger partial charge is 0.485 e. The molecule has 2 aromatic heterocycles. The van der Waals surface area contributed by atoms with Crippen LogP contribution in [0.4, 0.5) is 0 Å². The molecule has 178 valence electrons. The van der Waals surface area contributed by atoms with Gasteiger partial charge in [0, 0.05) is 10.9 Å². The molecule has 5 rings (SSSR count). The van der Waals surface area contributed by atoms with Gasteiger partial charge in [-0.2, -0.15) is 0 Å². The molecule has 8 heteroatoms. The second kappa shape index (κ2) is 10.3. The second-order valence-electron chi connectivity index (χ2n) is 8.67. The van der Waals surface area contributed by atoms with Gasteiger partial charge in [-0.15, -0.1) is 11.3 Å². The fraction of sp³-hybridized carbons (Fsp3) is 0.385. The first-order valence-corrected chi connectivity index (χ1v) is 12.6. The normalized spacial score (nSPS) is 18.8. The molecular formula is C26H28N2O5S. The number of carbonyl (C=O) groups excluding carboxylic acids is 2. The zero-order valence-electron chi connectivity index (χ0n) is 18.9. The maximum atomic E-state index is 13.9. The smallest absolute Gasteiger partial charge is 0.268 e. The minimum Gasteiger partial charge on any atom is -0.485 e. The van der Waals surface area contributed by atoms with Gasteiger partial charge in [0.25, 0.3) is 5.91 Å². The number of nitrogens with one attached hydrogen (secondary N) is 1. The third kappa shape index (κ3) is 4.97. The van der Waals surface area contributed by atoms with Crippen molar-refractivity contribution < 1.29 is 23.5 Å². The number of hydrogen-bond donors (Lipinski definition) is 1. The standard InChI is InChI=1S/C26H28N2O5S/c29-25(27-18-8-2-1-3-9-18)24(23-13-7-15-34-23)28(16-19-10-6-14-31-19)26(30)22-17-32-20-11-4-5-12-21(20)33-22/h4-7,10-15,18,22,24H,1-3,8-9,16-17H2,(H,27,29)/t22-,24-/m1/s1. The Morgan fingerprint density at radius 2 is 1.85 bits per heavy atom. The summed E-state index contributed by atoms with van der Waals surface area (Å²) in [6.07, 6.45) is 6.04. The molecule has 3 aromatic rings. The molecule has 0 saturated heterocycles. The van der Waals surface area contributed by atoms with Gasteiger partial charge in [-0.25, -0.2) is 0 Å². The molecule has 3 heterocycles. The van der Waals surface area contributed by atoms with E-state index in [1.807, 2.05) is 35.7 Å². The van der Waals surface area contributed by atoms with Crippen molar-refractivity contribution >= 4 is 23.2 Å². The molecule has 1 aliphatic heterocycles. The number of carbonyl (C=O) groups is 2. The van der Waals surface area contributed by atoms with Crippen LogP contribution < -0.4 is 14.8 Å². The van der Waals surface area contributed by atoms with Gasteiger partial charge in [0.05, 0.1) is 12.8 Å². The molecule has 1 N–H and O–H groups in total. The number of rotatable bonds is 7. The zero-order chi connectivity index (χ0) is 23.3. The summed E-state index contributed by atoms with van der Waals surface area (Å²) in [4.78, 5) is 29.9. The lowest BCUT2D eigenvalue weighted by molar-refractivity contribution is -0.149. The highest BCUT2D eigenvalue weighted by Gasteiger charge is 2.39. The number of hydrogen-bond acceptors (Lipinski definition) is 6. The van der Waals surface area contributed by atoms with Gasteiger partial charge >= 0.3 is 0 Å². The Labute approximate surface area is 202 Å². The van der Waals surface area contributed by atoms with Crippen molar-refractivity contribution in [2.24, 2.45) is 0 Å². The molecule has 0 bridgehead atoms. The van der Waals surface area contributed by atoms with Crippen molar-refractivity contribution in [2.75, 3.05) is 6.61 Å². The Morgan fingerprint density at radius 3 is 2.59 bits per heavy atom. The highest BCUT2D eigenvalue weighted by Crippen LogP contribution is 2.34. The first-order valence-electron chi connectivity index (χ1n) is 11.7. The van der Waals surface area contributed by atoms with Crippen LogP contribution in [0.1, 0.15) is 48.8 Å². The Balaban J connectivity index is 1.44. The van der Waals surface area contributed by atoms with Crippen LogP contribution in [0.3, 0.4) is 0 Å². The van der Waals surface area contributed by atoms with Crippen LogP contribution in [0.15, 0.2) is 64.6 Å². The Morgan fingerprint density at radius 1 is 1.03 bits per heavy atom. The van der Waals surface area contributed by atoms with E-state index in [0.29, 0.717) is 17.3 Å². The first kappa shape index (κ1) is 22.5. The summed E-state index contributed by atoms with van der Waals surface area (Å²) in [6, 6.07) is 14.0. The highest BCUT2D eigenvalue weighted by atomic mass is 32.1. The maximum absolute atomic E-state index is 13.9. The Bertz CT molecular complexity index is 1090. The van der Waals surface area contributed by atoms with Crippen molar-refractivity contribution in [2.45, 2.75) is 56.8 Å². The molecule has 0 unspecified atom stereocenters. The average molecular weight is 481 g/mol. The summed E-state index contributed by atoms with van der Waals surface area (Å²) >= 11 is 1.46. The van der Waals surface area contributed by atoms with E-state index in [1.165, 1.54) is 17.8 Å². The fourth-order valence-electron chi connectivity index (χ4n) is 4.59. The number of fused-ring (bicyclic) bond motifs is 1. The van der Waals surface area contributed by atoms with Crippen molar-refractivity contribution in [3.05, 3.63) is 70.8 Å². The van der Waals surface area contributed by atoms with E-state index in [-0.39, 0.29) is 31.0 Å². The summed E-state index contributed by atoms with van der Waals surface area (Å²) in [7, 11) is 0. The van der Waals surface area contributed by atoms with Gasteiger partial charge in [-0.3, -0.25) is 9.59 Å². The first-order chi connectivity index (χ1) is 16.7. The number of ether oxygens (including phenoxy) is 2. The van der Waals surface area contributed by atoms with Crippen LogP contribution in [0.25, 0.3) is 0 Å². The molecule has 0 spiro atoms. The predicted molar refractivity (Wildman–Crippen MR) is 128 cm³/mol. The lowest BCUT2D eigenvalue weighted by Gasteiger charge is -2.35. The Hall–Kier alpha value is -3.26. The molecule has 1 aromatic carbocycles. The minimum absolute atomic E-state index is 0.0753. The number of furan rings is 1. The van der Waals surface area contributed by atoms with Crippen LogP contribution in [0.5, 0.6) is 11.5 Å². The number of amides is 2. The summed E-state index contributed by atoms with van der Waals surface area (Å²) in [5.41, 5.74) is 0. The molecule has 2 amide bonds. The number of nitrogens with zero attached hydrogens (tertiary/aromatic N) is 1. The molecule has 2 atom stereocenters. The Kier molecular flexibility index (Phi) is 6.85. The third-order valence-corrected chi connectivity index (χ3v) is 7.22. The molecular weight excluding hydrogens is 452 g/mol. The molecule has 1 aliphatic carbocycles. The molecule has 2 aliphatic rings. The second-order valence-corrected chi connectivity index (χ2v) is 9.65. The monoisotopic (exact) mass is 480 g/mol. The van der Waals surface area contributed by atoms with E-state index < -0.39 is 12.1 Å². The van der Waals surface area contributed by atoms with Crippen LogP contribution in [0, 0.1) is 0 Å². The highest BCUT2D eigenvalue weighted by molar-refractivity contribution is 7.10. The van der Waals surface area contributed by atoms with Gasteiger partial charge in [-0.1, -0.05) is 37.5 Å². The summed E-state index contributed by atoms with van der Waals surface area (Å²) < 4.78 is 17.4. The molecule has 1 saturated carbocycles. The summed E-state index contributed by atoms with van der Waals surface area (Å²) in [5.74, 6) is 1.23. The van der Waals surface area contributed by atoms with E-state index in [1.54, 1.807) is 29.4 Å². The van der Waals surface area contributed by atoms with E-state index >= 15 is 0 Å². The van der Waals surface area contributed by atoms with Gasteiger partial charge in [0.1, 0.15) is 18.4 Å². The minimum atomic E-state index is -0.866. The SMILES string of the molecule is O=C(NC1CCCCC1)[C@@H](c1cccs1)N(Cc1ccco1)C(=O)[C@H]1COc2ccccc2O1. The summed E-state index contributed by atoms with van der Waals surface area (Å²) in [5, 5.41) is 5.13. The third-order valence-electron chi connectivity index (χ3n) is 6.30. The zero-order valence-corrected chi connectivity index (χ0v) is 19.7. The predicted octanol–water partition coefficient (Wildman–Crippen LogP) is 4.70. The van der Waals surface area contributed by atoms with Gasteiger partial charge < -0.3 is 24.1 Å². The van der Waals surface area contributed by atoms with Gasteiger partial charge in [-0.05, 0) is 48.6 Å². The quantitative estimate of drug-likeness (QED) is 0.530. The maximum Gasteiger partial charge on any atom is 0.268 e. The van der Waals surface area contributed by atoms with E-state index in [0.717, 1.165) is 30.6 Å². The van der Waals surface area contributed by atoms with E-state index in [4.69, 9.17) is 13.9 Å².